The molecule has 23 heavy (non-hydrogen) atoms. The molecule has 2 fully saturated rings. The second-order valence-corrected chi connectivity index (χ2v) is 5.84. The number of benzene rings is 1. The van der Waals surface area contributed by atoms with Gasteiger partial charge < -0.3 is 24.1 Å². The number of methoxy groups -OCH3 is 1. The van der Waals surface area contributed by atoms with E-state index >= 15 is 0 Å². The van der Waals surface area contributed by atoms with Gasteiger partial charge in [0.1, 0.15) is 6.10 Å². The third kappa shape index (κ3) is 2.62. The zero-order valence-corrected chi connectivity index (χ0v) is 12.8. The molecule has 0 spiro atoms. The number of aliphatic hydroxyl groups is 1. The van der Waals surface area contributed by atoms with Crippen LogP contribution in [0.3, 0.4) is 0 Å². The molecule has 1 aromatic rings. The molecule has 1 unspecified atom stereocenters. The van der Waals surface area contributed by atoms with Crippen molar-refractivity contribution in [3.05, 3.63) is 46.0 Å². The molecular formula is C15H19NO7. The van der Waals surface area contributed by atoms with Crippen molar-refractivity contribution in [3.63, 3.8) is 0 Å². The number of ether oxygens (including phenoxy) is 4. The van der Waals surface area contributed by atoms with E-state index in [1.807, 2.05) is 30.3 Å². The fourth-order valence-electron chi connectivity index (χ4n) is 3.03. The van der Waals surface area contributed by atoms with Gasteiger partial charge in [0.25, 0.3) is 5.54 Å². The summed E-state index contributed by atoms with van der Waals surface area (Å²) >= 11 is 0. The molecule has 0 saturated carbocycles. The molecule has 2 aliphatic rings. The van der Waals surface area contributed by atoms with Gasteiger partial charge in [-0.1, -0.05) is 30.3 Å². The van der Waals surface area contributed by atoms with Gasteiger partial charge in [0.2, 0.25) is 0 Å². The number of rotatable bonds is 3. The van der Waals surface area contributed by atoms with E-state index in [0.717, 1.165) is 5.56 Å². The largest absolute Gasteiger partial charge is 0.381 e. The Morgan fingerprint density at radius 2 is 2.04 bits per heavy atom. The number of aliphatic hydroxyl groups excluding tert-OH is 1. The van der Waals surface area contributed by atoms with Crippen molar-refractivity contribution >= 4 is 0 Å². The summed E-state index contributed by atoms with van der Waals surface area (Å²) in [7, 11) is 1.33. The summed E-state index contributed by atoms with van der Waals surface area (Å²) in [5, 5.41) is 22.0. The Labute approximate surface area is 133 Å². The van der Waals surface area contributed by atoms with Crippen molar-refractivity contribution in [2.75, 3.05) is 13.7 Å². The molecule has 8 nitrogen and oxygen atoms in total. The molecule has 2 aliphatic heterocycles. The molecule has 0 aliphatic carbocycles. The van der Waals surface area contributed by atoms with Crippen molar-refractivity contribution in [1.29, 1.82) is 0 Å². The number of nitrogens with zero attached hydrogens (tertiary/aromatic N) is 1. The SMILES string of the molecule is CO[C@H]1O[C@@H]2COC(c3ccccc3)O[C@H]2[C@@](C)([N+](=O)[O-])[C@H]1O. The summed E-state index contributed by atoms with van der Waals surface area (Å²) in [6.45, 7) is 1.46. The van der Waals surface area contributed by atoms with Gasteiger partial charge in [0.05, 0.1) is 6.61 Å². The highest BCUT2D eigenvalue weighted by molar-refractivity contribution is 5.17. The van der Waals surface area contributed by atoms with Crippen LogP contribution in [-0.2, 0) is 18.9 Å². The highest BCUT2D eigenvalue weighted by Gasteiger charge is 2.65. The van der Waals surface area contributed by atoms with E-state index in [4.69, 9.17) is 18.9 Å². The van der Waals surface area contributed by atoms with Crippen molar-refractivity contribution in [3.8, 4) is 0 Å². The smallest absolute Gasteiger partial charge is 0.278 e. The number of fused-ring (bicyclic) bond motifs is 1. The van der Waals surface area contributed by atoms with E-state index in [1.54, 1.807) is 0 Å². The van der Waals surface area contributed by atoms with Gasteiger partial charge in [0.15, 0.2) is 24.8 Å². The fraction of sp³-hybridized carbons (Fsp3) is 0.600. The lowest BCUT2D eigenvalue weighted by Crippen LogP contribution is -2.71. The number of nitro groups is 1. The standard InChI is InChI=1S/C15H19NO7/c1-15(16(18)19)11(17)14(20-2)22-10-8-21-13(23-12(10)15)9-6-4-3-5-7-9/h3-7,10-14,17H,8H2,1-2H3/t10-,11+,12-,13?,14+,15+/m1/s1. The van der Waals surface area contributed by atoms with E-state index in [1.165, 1.54) is 14.0 Å². The van der Waals surface area contributed by atoms with Crippen LogP contribution in [0.1, 0.15) is 18.8 Å². The van der Waals surface area contributed by atoms with Crippen LogP contribution in [0, 0.1) is 10.1 Å². The van der Waals surface area contributed by atoms with Crippen LogP contribution in [0.25, 0.3) is 0 Å². The molecule has 8 heteroatoms. The number of hydrogen-bond acceptors (Lipinski definition) is 7. The Morgan fingerprint density at radius 3 is 2.65 bits per heavy atom. The molecule has 0 amide bonds. The van der Waals surface area contributed by atoms with E-state index in [-0.39, 0.29) is 6.61 Å². The Kier molecular flexibility index (Phi) is 4.35. The first kappa shape index (κ1) is 16.3. The quantitative estimate of drug-likeness (QED) is 0.650. The molecule has 0 bridgehead atoms. The van der Waals surface area contributed by atoms with Gasteiger partial charge in [-0.3, -0.25) is 10.1 Å². The zero-order valence-electron chi connectivity index (χ0n) is 12.8. The van der Waals surface area contributed by atoms with Gasteiger partial charge in [-0.25, -0.2) is 0 Å². The average Bonchev–Trinajstić information content (AvgIpc) is 2.58. The summed E-state index contributed by atoms with van der Waals surface area (Å²) in [5.41, 5.74) is -1.01. The van der Waals surface area contributed by atoms with E-state index in [9.17, 15) is 15.2 Å². The Hall–Kier alpha value is -1.58. The van der Waals surface area contributed by atoms with Crippen LogP contribution in [0.5, 0.6) is 0 Å². The highest BCUT2D eigenvalue weighted by atomic mass is 16.8. The van der Waals surface area contributed by atoms with Crippen LogP contribution in [-0.4, -0.2) is 53.9 Å². The first-order chi connectivity index (χ1) is 11.0. The minimum atomic E-state index is -1.76. The summed E-state index contributed by atoms with van der Waals surface area (Å²) < 4.78 is 22.0. The lowest BCUT2D eigenvalue weighted by Gasteiger charge is -2.48. The Bertz CT molecular complexity index is 568. The fourth-order valence-corrected chi connectivity index (χ4v) is 3.03. The van der Waals surface area contributed by atoms with Crippen LogP contribution in [0.15, 0.2) is 30.3 Å². The summed E-state index contributed by atoms with van der Waals surface area (Å²) in [6.07, 6.45) is -4.96. The second-order valence-electron chi connectivity index (χ2n) is 5.84. The average molecular weight is 325 g/mol. The molecule has 6 atom stereocenters. The van der Waals surface area contributed by atoms with Crippen molar-refractivity contribution in [2.45, 2.75) is 43.4 Å². The van der Waals surface area contributed by atoms with Crippen molar-refractivity contribution in [1.82, 2.24) is 0 Å². The van der Waals surface area contributed by atoms with E-state index in [2.05, 4.69) is 0 Å². The summed E-state index contributed by atoms with van der Waals surface area (Å²) in [5.74, 6) is 0. The molecule has 2 saturated heterocycles. The first-order valence-corrected chi connectivity index (χ1v) is 7.31. The van der Waals surface area contributed by atoms with Crippen LogP contribution in [0.4, 0.5) is 0 Å². The lowest BCUT2D eigenvalue weighted by molar-refractivity contribution is -0.616. The molecule has 2 heterocycles. The molecule has 1 aromatic carbocycles. The van der Waals surface area contributed by atoms with Crippen molar-refractivity contribution in [2.24, 2.45) is 0 Å². The van der Waals surface area contributed by atoms with Gasteiger partial charge in [-0.05, 0) is 0 Å². The Balaban J connectivity index is 1.90. The van der Waals surface area contributed by atoms with Crippen molar-refractivity contribution < 1.29 is 29.0 Å². The minimum absolute atomic E-state index is 0.111. The maximum absolute atomic E-state index is 11.7. The molecule has 126 valence electrons. The third-order valence-corrected chi connectivity index (χ3v) is 4.46. The van der Waals surface area contributed by atoms with E-state index in [0.29, 0.717) is 0 Å². The monoisotopic (exact) mass is 325 g/mol. The summed E-state index contributed by atoms with van der Waals surface area (Å²) in [6, 6.07) is 9.13. The molecule has 3 rings (SSSR count). The maximum Gasteiger partial charge on any atom is 0.278 e. The Morgan fingerprint density at radius 1 is 1.35 bits per heavy atom. The number of hydrogen-bond donors (Lipinski definition) is 1. The van der Waals surface area contributed by atoms with Gasteiger partial charge in [-0.2, -0.15) is 0 Å². The molecule has 0 radical (unpaired) electrons. The molecule has 1 N–H and O–H groups in total. The topological polar surface area (TPSA) is 100 Å². The van der Waals surface area contributed by atoms with Gasteiger partial charge in [0, 0.05) is 24.5 Å². The van der Waals surface area contributed by atoms with Gasteiger partial charge in [-0.15, -0.1) is 0 Å². The highest BCUT2D eigenvalue weighted by Crippen LogP contribution is 2.40. The lowest BCUT2D eigenvalue weighted by atomic mass is 9.82. The first-order valence-electron chi connectivity index (χ1n) is 7.31. The molecule has 0 aromatic heterocycles. The predicted molar refractivity (Wildman–Crippen MR) is 77.1 cm³/mol. The van der Waals surface area contributed by atoms with Crippen LogP contribution < -0.4 is 0 Å². The summed E-state index contributed by atoms with van der Waals surface area (Å²) in [4.78, 5) is 11.1. The molecular weight excluding hydrogens is 306 g/mol. The predicted octanol–water partition coefficient (Wildman–Crippen LogP) is 0.868. The maximum atomic E-state index is 11.7. The van der Waals surface area contributed by atoms with Crippen LogP contribution >= 0.6 is 0 Å². The normalized spacial score (nSPS) is 40.4. The zero-order chi connectivity index (χ0) is 16.6. The second kappa shape index (κ2) is 6.14. The van der Waals surface area contributed by atoms with Crippen LogP contribution in [0.2, 0.25) is 0 Å². The van der Waals surface area contributed by atoms with E-state index < -0.39 is 41.4 Å². The minimum Gasteiger partial charge on any atom is -0.381 e. The van der Waals surface area contributed by atoms with Gasteiger partial charge >= 0.3 is 0 Å². The third-order valence-electron chi connectivity index (χ3n) is 4.46.